The number of nitrogens with zero attached hydrogens (tertiary/aromatic N) is 2. The Morgan fingerprint density at radius 3 is 2.95 bits per heavy atom. The molecule has 3 heteroatoms. The molecular weight excluding hydrogens is 258 g/mol. The van der Waals surface area contributed by atoms with Crippen LogP contribution >= 0.6 is 0 Å². The monoisotopic (exact) mass is 283 g/mol. The van der Waals surface area contributed by atoms with Gasteiger partial charge in [-0.15, -0.1) is 0 Å². The molecule has 1 aromatic heterocycles. The third-order valence-corrected chi connectivity index (χ3v) is 4.56. The summed E-state index contributed by atoms with van der Waals surface area (Å²) in [7, 11) is 1.99. The molecule has 0 bridgehead atoms. The fourth-order valence-electron chi connectivity index (χ4n) is 3.64. The molecule has 0 fully saturated rings. The van der Waals surface area contributed by atoms with Crippen molar-refractivity contribution in [1.29, 1.82) is 0 Å². The molecule has 0 aliphatic heterocycles. The van der Waals surface area contributed by atoms with Gasteiger partial charge in [0.1, 0.15) is 0 Å². The first-order chi connectivity index (χ1) is 10.3. The average molecular weight is 283 g/mol. The first-order valence-corrected chi connectivity index (χ1v) is 8.06. The van der Waals surface area contributed by atoms with Crippen molar-refractivity contribution in [3.63, 3.8) is 0 Å². The molecule has 112 valence electrons. The summed E-state index contributed by atoms with van der Waals surface area (Å²) in [5.74, 6) is 0.651. The zero-order valence-electron chi connectivity index (χ0n) is 13.0. The van der Waals surface area contributed by atoms with Gasteiger partial charge >= 0.3 is 0 Å². The summed E-state index contributed by atoms with van der Waals surface area (Å²) in [6.07, 6.45) is 9.05. The predicted octanol–water partition coefficient (Wildman–Crippen LogP) is 3.27. The van der Waals surface area contributed by atoms with Gasteiger partial charge in [-0.25, -0.2) is 0 Å². The van der Waals surface area contributed by atoms with Gasteiger partial charge in [0, 0.05) is 19.3 Å². The Kier molecular flexibility index (Phi) is 4.39. The van der Waals surface area contributed by atoms with Crippen LogP contribution in [0.2, 0.25) is 0 Å². The molecule has 0 radical (unpaired) electrons. The van der Waals surface area contributed by atoms with E-state index in [1.807, 2.05) is 17.9 Å². The van der Waals surface area contributed by atoms with Crippen LogP contribution in [0.15, 0.2) is 36.7 Å². The summed E-state index contributed by atoms with van der Waals surface area (Å²) < 4.78 is 1.90. The molecular formula is C18H25N3. The summed E-state index contributed by atoms with van der Waals surface area (Å²) in [5.41, 5.74) is 4.38. The third-order valence-electron chi connectivity index (χ3n) is 4.56. The van der Waals surface area contributed by atoms with E-state index < -0.39 is 0 Å². The molecule has 1 aliphatic carbocycles. The van der Waals surface area contributed by atoms with Crippen molar-refractivity contribution in [2.24, 2.45) is 13.0 Å². The fraction of sp³-hybridized carbons (Fsp3) is 0.500. The summed E-state index contributed by atoms with van der Waals surface area (Å²) in [6, 6.07) is 9.42. The van der Waals surface area contributed by atoms with Crippen molar-refractivity contribution in [1.82, 2.24) is 15.1 Å². The van der Waals surface area contributed by atoms with Crippen molar-refractivity contribution in [2.45, 2.75) is 38.6 Å². The highest BCUT2D eigenvalue weighted by Crippen LogP contribution is 2.35. The lowest BCUT2D eigenvalue weighted by atomic mass is 9.86. The van der Waals surface area contributed by atoms with E-state index in [9.17, 15) is 0 Å². The van der Waals surface area contributed by atoms with Crippen LogP contribution in [0, 0.1) is 5.92 Å². The molecule has 1 heterocycles. The van der Waals surface area contributed by atoms with E-state index >= 15 is 0 Å². The van der Waals surface area contributed by atoms with Gasteiger partial charge in [0.2, 0.25) is 0 Å². The first kappa shape index (κ1) is 14.3. The molecule has 2 aromatic rings. The number of aromatic nitrogens is 2. The normalized spacial score (nSPS) is 21.8. The molecule has 1 N–H and O–H groups in total. The van der Waals surface area contributed by atoms with Gasteiger partial charge in [-0.05, 0) is 54.8 Å². The highest BCUT2D eigenvalue weighted by molar-refractivity contribution is 5.32. The lowest BCUT2D eigenvalue weighted by Gasteiger charge is -2.27. The van der Waals surface area contributed by atoms with Crippen molar-refractivity contribution in [2.75, 3.05) is 6.54 Å². The van der Waals surface area contributed by atoms with E-state index in [1.165, 1.54) is 36.0 Å². The number of hydrogen-bond acceptors (Lipinski definition) is 2. The minimum Gasteiger partial charge on any atom is -0.310 e. The smallest absolute Gasteiger partial charge is 0.0521 e. The van der Waals surface area contributed by atoms with Crippen LogP contribution in [0.3, 0.4) is 0 Å². The number of aryl methyl sites for hydroxylation is 2. The van der Waals surface area contributed by atoms with Gasteiger partial charge in [-0.1, -0.05) is 31.2 Å². The van der Waals surface area contributed by atoms with Crippen LogP contribution < -0.4 is 5.32 Å². The van der Waals surface area contributed by atoms with Gasteiger partial charge in [0.05, 0.1) is 6.20 Å². The zero-order chi connectivity index (χ0) is 14.7. The second kappa shape index (κ2) is 6.44. The molecule has 0 saturated carbocycles. The fourth-order valence-corrected chi connectivity index (χ4v) is 3.64. The minimum absolute atomic E-state index is 0.467. The Labute approximate surface area is 127 Å². The lowest BCUT2D eigenvalue weighted by molar-refractivity contribution is 0.346. The molecule has 2 atom stereocenters. The number of benzene rings is 1. The van der Waals surface area contributed by atoms with Gasteiger partial charge in [0.25, 0.3) is 0 Å². The van der Waals surface area contributed by atoms with E-state index in [1.54, 1.807) is 0 Å². The Balaban J connectivity index is 1.88. The second-order valence-electron chi connectivity index (χ2n) is 6.11. The Morgan fingerprint density at radius 2 is 2.19 bits per heavy atom. The van der Waals surface area contributed by atoms with Crippen LogP contribution in [-0.4, -0.2) is 16.3 Å². The number of rotatable bonds is 4. The van der Waals surface area contributed by atoms with Gasteiger partial charge in [0.15, 0.2) is 0 Å². The second-order valence-corrected chi connectivity index (χ2v) is 6.11. The van der Waals surface area contributed by atoms with Crippen molar-refractivity contribution in [3.05, 3.63) is 53.3 Å². The molecule has 0 amide bonds. The predicted molar refractivity (Wildman–Crippen MR) is 86.2 cm³/mol. The number of hydrogen-bond donors (Lipinski definition) is 1. The molecule has 0 spiro atoms. The molecule has 21 heavy (non-hydrogen) atoms. The van der Waals surface area contributed by atoms with Gasteiger partial charge in [-0.3, -0.25) is 4.68 Å². The van der Waals surface area contributed by atoms with E-state index in [4.69, 9.17) is 0 Å². The third kappa shape index (κ3) is 3.18. The molecule has 3 rings (SSSR count). The van der Waals surface area contributed by atoms with Gasteiger partial charge in [-0.2, -0.15) is 5.10 Å². The summed E-state index contributed by atoms with van der Waals surface area (Å²) in [6.45, 7) is 3.22. The Hall–Kier alpha value is -1.61. The van der Waals surface area contributed by atoms with Crippen LogP contribution in [0.4, 0.5) is 0 Å². The van der Waals surface area contributed by atoms with E-state index in [0.717, 1.165) is 13.0 Å². The largest absolute Gasteiger partial charge is 0.310 e. The van der Waals surface area contributed by atoms with E-state index in [2.05, 4.69) is 47.8 Å². The molecule has 3 nitrogen and oxygen atoms in total. The lowest BCUT2D eigenvalue weighted by Crippen LogP contribution is -2.29. The van der Waals surface area contributed by atoms with Crippen LogP contribution in [0.25, 0.3) is 0 Å². The maximum atomic E-state index is 4.32. The summed E-state index contributed by atoms with van der Waals surface area (Å²) in [5, 5.41) is 8.05. The van der Waals surface area contributed by atoms with E-state index in [-0.39, 0.29) is 0 Å². The van der Waals surface area contributed by atoms with Crippen LogP contribution in [0.5, 0.6) is 0 Å². The van der Waals surface area contributed by atoms with Crippen molar-refractivity contribution in [3.8, 4) is 0 Å². The van der Waals surface area contributed by atoms with Crippen molar-refractivity contribution < 1.29 is 0 Å². The Morgan fingerprint density at radius 1 is 1.33 bits per heavy atom. The quantitative estimate of drug-likeness (QED) is 0.873. The zero-order valence-corrected chi connectivity index (χ0v) is 13.0. The number of nitrogens with one attached hydrogen (secondary N) is 1. The van der Waals surface area contributed by atoms with Crippen LogP contribution in [0.1, 0.15) is 42.5 Å². The maximum absolute atomic E-state index is 4.32. The van der Waals surface area contributed by atoms with Crippen molar-refractivity contribution >= 4 is 0 Å². The highest BCUT2D eigenvalue weighted by atomic mass is 15.2. The average Bonchev–Trinajstić information content (AvgIpc) is 2.81. The molecule has 0 saturated heterocycles. The minimum atomic E-state index is 0.467. The first-order valence-electron chi connectivity index (χ1n) is 8.06. The van der Waals surface area contributed by atoms with Crippen LogP contribution in [-0.2, 0) is 19.9 Å². The standard InChI is InChI=1S/C18H25N3/c1-3-19-18-16(11-14-12-20-21(2)13-14)9-6-8-15-7-4-5-10-17(15)18/h4-5,7,10,12-13,16,18-19H,3,6,8-9,11H2,1-2H3. The Bertz CT molecular complexity index is 588. The van der Waals surface area contributed by atoms with Gasteiger partial charge < -0.3 is 5.32 Å². The topological polar surface area (TPSA) is 29.9 Å². The maximum Gasteiger partial charge on any atom is 0.0521 e. The summed E-state index contributed by atoms with van der Waals surface area (Å²) >= 11 is 0. The SMILES string of the molecule is CCNC1c2ccccc2CCCC1Cc1cnn(C)c1. The van der Waals surface area contributed by atoms with E-state index in [0.29, 0.717) is 12.0 Å². The molecule has 2 unspecified atom stereocenters. The molecule has 1 aliphatic rings. The highest BCUT2D eigenvalue weighted by Gasteiger charge is 2.27. The molecule has 1 aromatic carbocycles. The number of fused-ring (bicyclic) bond motifs is 1. The summed E-state index contributed by atoms with van der Waals surface area (Å²) in [4.78, 5) is 0.